The average molecular weight is 399 g/mol. The third kappa shape index (κ3) is 4.50. The zero-order chi connectivity index (χ0) is 19.4. The standard InChI is InChI=1S/C19H30N2O3S2/c1-6-17-13(4)12(3)14(5)19(24-17)20-11-15-16(21(22)23)9-8-10-18(15)26(25)7-2/h8-10,12-14,17,19-20H,6-7,11H2,1-5H3/t12-,13+,14?,17?,19+,26?/m0/s1. The van der Waals surface area contributed by atoms with Crippen LogP contribution in [0.25, 0.3) is 0 Å². The number of nitro groups is 1. The highest BCUT2D eigenvalue weighted by Gasteiger charge is 2.38. The van der Waals surface area contributed by atoms with Crippen molar-refractivity contribution in [3.05, 3.63) is 33.9 Å². The molecule has 2 rings (SSSR count). The summed E-state index contributed by atoms with van der Waals surface area (Å²) in [7, 11) is -0.417. The maximum atomic E-state index is 11.5. The SMILES string of the molecule is CCC1O[C@@H](NCc2c([N+](=O)[O-])cccc2S(=S)CC)C(C)[C@@H](C)[C@H]1C. The predicted octanol–water partition coefficient (Wildman–Crippen LogP) is 4.19. The quantitative estimate of drug-likeness (QED) is 0.551. The molecule has 0 bridgehead atoms. The predicted molar refractivity (Wildman–Crippen MR) is 110 cm³/mol. The summed E-state index contributed by atoms with van der Waals surface area (Å²) in [5, 5.41) is 15.0. The van der Waals surface area contributed by atoms with Crippen molar-refractivity contribution in [1.29, 1.82) is 0 Å². The number of hydrogen-bond acceptors (Lipinski definition) is 5. The normalized spacial score (nSPS) is 30.1. The van der Waals surface area contributed by atoms with Crippen molar-refractivity contribution in [2.75, 3.05) is 5.75 Å². The molecule has 0 saturated carbocycles. The Morgan fingerprint density at radius 1 is 1.23 bits per heavy atom. The van der Waals surface area contributed by atoms with Crippen molar-refractivity contribution in [3.8, 4) is 0 Å². The molecule has 1 N–H and O–H groups in total. The third-order valence-electron chi connectivity index (χ3n) is 5.74. The molecule has 1 saturated heterocycles. The van der Waals surface area contributed by atoms with Gasteiger partial charge in [-0.2, -0.15) is 0 Å². The summed E-state index contributed by atoms with van der Waals surface area (Å²) in [5.41, 5.74) is 0.843. The van der Waals surface area contributed by atoms with E-state index in [0.717, 1.165) is 17.1 Å². The van der Waals surface area contributed by atoms with E-state index in [0.29, 0.717) is 29.9 Å². The van der Waals surface area contributed by atoms with Crippen LogP contribution >= 0.6 is 0 Å². The molecule has 1 aliphatic rings. The van der Waals surface area contributed by atoms with Gasteiger partial charge in [0.1, 0.15) is 6.23 Å². The van der Waals surface area contributed by atoms with E-state index in [1.807, 2.05) is 13.0 Å². The molecule has 1 aromatic carbocycles. The van der Waals surface area contributed by atoms with Crippen LogP contribution in [0.1, 0.15) is 46.6 Å². The highest BCUT2D eigenvalue weighted by molar-refractivity contribution is 8.28. The van der Waals surface area contributed by atoms with Crippen LogP contribution in [0, 0.1) is 27.9 Å². The van der Waals surface area contributed by atoms with Gasteiger partial charge in [-0.15, -0.1) is 0 Å². The number of benzene rings is 1. The number of nitro benzene ring substituents is 1. The first-order valence-electron chi connectivity index (χ1n) is 9.35. The molecule has 0 amide bonds. The minimum absolute atomic E-state index is 0.104. The van der Waals surface area contributed by atoms with Crippen molar-refractivity contribution in [2.24, 2.45) is 17.8 Å². The van der Waals surface area contributed by atoms with Gasteiger partial charge in [0, 0.05) is 17.5 Å². The molecule has 146 valence electrons. The monoisotopic (exact) mass is 398 g/mol. The Hall–Kier alpha value is -0.890. The van der Waals surface area contributed by atoms with Gasteiger partial charge < -0.3 is 4.74 Å². The lowest BCUT2D eigenvalue weighted by Crippen LogP contribution is -2.50. The van der Waals surface area contributed by atoms with Crippen molar-refractivity contribution >= 4 is 26.3 Å². The summed E-state index contributed by atoms with van der Waals surface area (Å²) in [6, 6.07) is 5.22. The third-order valence-corrected chi connectivity index (χ3v) is 8.38. The molecule has 5 nitrogen and oxygen atoms in total. The first-order valence-corrected chi connectivity index (χ1v) is 11.7. The highest BCUT2D eigenvalue weighted by atomic mass is 32.8. The lowest BCUT2D eigenvalue weighted by atomic mass is 9.77. The van der Waals surface area contributed by atoms with E-state index in [-0.39, 0.29) is 22.9 Å². The molecule has 0 aliphatic carbocycles. The van der Waals surface area contributed by atoms with E-state index < -0.39 is 9.45 Å². The molecule has 7 heteroatoms. The van der Waals surface area contributed by atoms with Crippen molar-refractivity contribution in [2.45, 2.75) is 64.8 Å². The maximum Gasteiger partial charge on any atom is 0.275 e. The number of ether oxygens (including phenoxy) is 1. The molecule has 26 heavy (non-hydrogen) atoms. The topological polar surface area (TPSA) is 64.4 Å². The van der Waals surface area contributed by atoms with Gasteiger partial charge in [0.25, 0.3) is 5.69 Å². The molecule has 0 aromatic heterocycles. The average Bonchev–Trinajstić information content (AvgIpc) is 2.64. The van der Waals surface area contributed by atoms with Crippen molar-refractivity contribution < 1.29 is 9.66 Å². The van der Waals surface area contributed by atoms with Crippen LogP contribution in [0.15, 0.2) is 23.1 Å². The molecular formula is C19H30N2O3S2. The van der Waals surface area contributed by atoms with E-state index in [2.05, 4.69) is 33.0 Å². The van der Waals surface area contributed by atoms with Crippen LogP contribution in [0.4, 0.5) is 5.69 Å². The largest absolute Gasteiger partial charge is 0.360 e. The Bertz CT molecular complexity index is 666. The summed E-state index contributed by atoms with van der Waals surface area (Å²) in [5.74, 6) is 2.17. The van der Waals surface area contributed by atoms with Crippen LogP contribution in [-0.2, 0) is 31.9 Å². The Morgan fingerprint density at radius 3 is 2.50 bits per heavy atom. The fourth-order valence-electron chi connectivity index (χ4n) is 3.71. The molecular weight excluding hydrogens is 368 g/mol. The zero-order valence-electron chi connectivity index (χ0n) is 16.2. The second-order valence-electron chi connectivity index (χ2n) is 7.11. The number of hydrogen-bond donors (Lipinski definition) is 1. The molecule has 1 heterocycles. The van der Waals surface area contributed by atoms with Crippen molar-refractivity contribution in [1.82, 2.24) is 5.32 Å². The van der Waals surface area contributed by atoms with Crippen LogP contribution in [0.2, 0.25) is 0 Å². The van der Waals surface area contributed by atoms with E-state index in [9.17, 15) is 10.1 Å². The van der Waals surface area contributed by atoms with Gasteiger partial charge in [-0.3, -0.25) is 15.4 Å². The van der Waals surface area contributed by atoms with Gasteiger partial charge in [-0.05, 0) is 47.2 Å². The molecule has 1 fully saturated rings. The first-order chi connectivity index (χ1) is 12.3. The minimum Gasteiger partial charge on any atom is -0.360 e. The summed E-state index contributed by atoms with van der Waals surface area (Å²) in [6.45, 7) is 11.3. The molecule has 1 aliphatic heterocycles. The van der Waals surface area contributed by atoms with Crippen LogP contribution in [0.5, 0.6) is 0 Å². The Kier molecular flexibility index (Phi) is 7.70. The second-order valence-corrected chi connectivity index (χ2v) is 10.0. The number of rotatable bonds is 7. The van der Waals surface area contributed by atoms with Gasteiger partial charge in [0.2, 0.25) is 0 Å². The molecule has 1 aromatic rings. The molecule has 6 atom stereocenters. The molecule has 3 unspecified atom stereocenters. The molecule has 0 spiro atoms. The summed E-state index contributed by atoms with van der Waals surface area (Å²) in [4.78, 5) is 12.1. The Morgan fingerprint density at radius 2 is 1.92 bits per heavy atom. The number of nitrogens with one attached hydrogen (secondary N) is 1. The van der Waals surface area contributed by atoms with Gasteiger partial charge >= 0.3 is 0 Å². The smallest absolute Gasteiger partial charge is 0.275 e. The number of nitrogens with zero attached hydrogens (tertiary/aromatic N) is 1. The van der Waals surface area contributed by atoms with E-state index in [1.54, 1.807) is 12.1 Å². The van der Waals surface area contributed by atoms with Crippen LogP contribution in [-0.4, -0.2) is 23.0 Å². The van der Waals surface area contributed by atoms with Crippen molar-refractivity contribution in [3.63, 3.8) is 0 Å². The lowest BCUT2D eigenvalue weighted by Gasteiger charge is -2.44. The Balaban J connectivity index is 2.25. The van der Waals surface area contributed by atoms with Gasteiger partial charge in [-0.1, -0.05) is 50.1 Å². The van der Waals surface area contributed by atoms with Gasteiger partial charge in [-0.25, -0.2) is 0 Å². The highest BCUT2D eigenvalue weighted by Crippen LogP contribution is 2.35. The lowest BCUT2D eigenvalue weighted by molar-refractivity contribution is -0.385. The zero-order valence-corrected chi connectivity index (χ0v) is 17.9. The Labute approximate surface area is 163 Å². The van der Waals surface area contributed by atoms with Gasteiger partial charge in [0.05, 0.1) is 16.6 Å². The second kappa shape index (κ2) is 9.35. The van der Waals surface area contributed by atoms with Crippen LogP contribution in [0.3, 0.4) is 0 Å². The van der Waals surface area contributed by atoms with Crippen LogP contribution < -0.4 is 5.32 Å². The summed E-state index contributed by atoms with van der Waals surface area (Å²) in [6.07, 6.45) is 1.08. The first kappa shape index (κ1) is 21.4. The van der Waals surface area contributed by atoms with E-state index >= 15 is 0 Å². The molecule has 0 radical (unpaired) electrons. The minimum atomic E-state index is -0.417. The summed E-state index contributed by atoms with van der Waals surface area (Å²) < 4.78 is 6.27. The van der Waals surface area contributed by atoms with E-state index in [4.69, 9.17) is 15.9 Å². The summed E-state index contributed by atoms with van der Waals surface area (Å²) >= 11 is 5.55. The van der Waals surface area contributed by atoms with Gasteiger partial charge in [0.15, 0.2) is 0 Å². The van der Waals surface area contributed by atoms with E-state index in [1.165, 1.54) is 0 Å². The maximum absolute atomic E-state index is 11.5. The fraction of sp³-hybridized carbons (Fsp3) is 0.684. The fourth-order valence-corrected chi connectivity index (χ4v) is 5.17.